The van der Waals surface area contributed by atoms with Crippen molar-refractivity contribution in [2.75, 3.05) is 5.75 Å². The predicted octanol–water partition coefficient (Wildman–Crippen LogP) is -2.93. The van der Waals surface area contributed by atoms with Gasteiger partial charge in [-0.3, -0.25) is 9.35 Å². The second kappa shape index (κ2) is 6.36. The summed E-state index contributed by atoms with van der Waals surface area (Å²) in [6.45, 7) is 6.19. The van der Waals surface area contributed by atoms with Crippen molar-refractivity contribution in [3.05, 3.63) is 12.7 Å². The van der Waals surface area contributed by atoms with Crippen molar-refractivity contribution in [2.45, 2.75) is 19.4 Å². The summed E-state index contributed by atoms with van der Waals surface area (Å²) >= 11 is 0. The molecule has 0 heterocycles. The molecule has 0 rings (SSSR count). The molecule has 0 aromatic rings. The molecule has 7 heteroatoms. The van der Waals surface area contributed by atoms with Crippen molar-refractivity contribution < 1.29 is 70.6 Å². The van der Waals surface area contributed by atoms with Gasteiger partial charge in [-0.15, -0.1) is 0 Å². The fourth-order valence-corrected chi connectivity index (χ4v) is 1.86. The van der Waals surface area contributed by atoms with Crippen LogP contribution in [0, 0.1) is 0 Å². The van der Waals surface area contributed by atoms with E-state index >= 15 is 0 Å². The molecule has 0 radical (unpaired) electrons. The van der Waals surface area contributed by atoms with Crippen LogP contribution in [0.2, 0.25) is 0 Å². The molecule has 0 saturated heterocycles. The second-order valence-corrected chi connectivity index (χ2v) is 4.76. The summed E-state index contributed by atoms with van der Waals surface area (Å²) in [5, 5.41) is 2.37. The van der Waals surface area contributed by atoms with Gasteiger partial charge in [-0.2, -0.15) is 8.42 Å². The number of carbonyl (C=O) groups excluding carboxylic acids is 1. The number of hydrogen-bond donors (Lipinski definition) is 2. The third kappa shape index (κ3) is 9.32. The zero-order valence-electron chi connectivity index (χ0n) is 9.57. The molecular formula is C7H14KNO4S. The van der Waals surface area contributed by atoms with Crippen molar-refractivity contribution in [1.29, 1.82) is 0 Å². The van der Waals surface area contributed by atoms with E-state index in [2.05, 4.69) is 11.9 Å². The largest absolute Gasteiger partial charge is 1.00 e. The molecule has 0 atom stereocenters. The molecule has 14 heavy (non-hydrogen) atoms. The van der Waals surface area contributed by atoms with Gasteiger partial charge < -0.3 is 6.74 Å². The SMILES string of the molecule is C=CC(=O)NC(C)(C)CS(=O)(=O)O.[H-].[K+]. The number of hydrogen-bond acceptors (Lipinski definition) is 3. The van der Waals surface area contributed by atoms with Crippen LogP contribution in [-0.2, 0) is 14.9 Å². The van der Waals surface area contributed by atoms with Crippen LogP contribution in [0.3, 0.4) is 0 Å². The molecular weight excluding hydrogens is 233 g/mol. The van der Waals surface area contributed by atoms with E-state index in [1.54, 1.807) is 0 Å². The van der Waals surface area contributed by atoms with E-state index in [0.717, 1.165) is 6.08 Å². The Kier molecular flexibility index (Phi) is 7.80. The number of amides is 1. The molecule has 1 amide bonds. The topological polar surface area (TPSA) is 83.5 Å². The molecule has 0 spiro atoms. The summed E-state index contributed by atoms with van der Waals surface area (Å²) in [5.41, 5.74) is -1.00. The van der Waals surface area contributed by atoms with E-state index in [4.69, 9.17) is 4.55 Å². The normalized spacial score (nSPS) is 11.4. The first-order valence-electron chi connectivity index (χ1n) is 3.56. The minimum Gasteiger partial charge on any atom is -1.00 e. The first-order valence-corrected chi connectivity index (χ1v) is 5.17. The number of carbonyl (C=O) groups is 1. The molecule has 0 aliphatic carbocycles. The molecule has 0 bridgehead atoms. The maximum atomic E-state index is 10.8. The minimum absolute atomic E-state index is 0. The average molecular weight is 247 g/mol. The van der Waals surface area contributed by atoms with E-state index in [9.17, 15) is 13.2 Å². The smallest absolute Gasteiger partial charge is 1.00 e. The Hall–Kier alpha value is 0.756. The Labute approximate surface area is 128 Å². The van der Waals surface area contributed by atoms with Gasteiger partial charge in [0.2, 0.25) is 5.91 Å². The van der Waals surface area contributed by atoms with Crippen LogP contribution in [0.4, 0.5) is 0 Å². The molecule has 0 saturated carbocycles. The Morgan fingerprint density at radius 1 is 1.64 bits per heavy atom. The zero-order chi connectivity index (χ0) is 10.7. The third-order valence-electron chi connectivity index (χ3n) is 1.19. The van der Waals surface area contributed by atoms with E-state index in [1.807, 2.05) is 0 Å². The fraction of sp³-hybridized carbons (Fsp3) is 0.571. The second-order valence-electron chi connectivity index (χ2n) is 3.30. The quantitative estimate of drug-likeness (QED) is 0.316. The van der Waals surface area contributed by atoms with Gasteiger partial charge in [0.05, 0.1) is 11.3 Å². The van der Waals surface area contributed by atoms with Crippen molar-refractivity contribution in [3.8, 4) is 0 Å². The van der Waals surface area contributed by atoms with Crippen molar-refractivity contribution >= 4 is 16.0 Å². The van der Waals surface area contributed by atoms with Crippen LogP contribution in [0.15, 0.2) is 12.7 Å². The maximum Gasteiger partial charge on any atom is 1.00 e. The van der Waals surface area contributed by atoms with Crippen molar-refractivity contribution in [1.82, 2.24) is 5.32 Å². The summed E-state index contributed by atoms with van der Waals surface area (Å²) in [6, 6.07) is 0. The molecule has 0 aliphatic heterocycles. The van der Waals surface area contributed by atoms with Crippen LogP contribution in [0.5, 0.6) is 0 Å². The Morgan fingerprint density at radius 3 is 2.36 bits per heavy atom. The van der Waals surface area contributed by atoms with Crippen LogP contribution in [0.1, 0.15) is 15.3 Å². The molecule has 0 aliphatic rings. The van der Waals surface area contributed by atoms with E-state index in [-0.39, 0.29) is 52.8 Å². The fourth-order valence-electron chi connectivity index (χ4n) is 0.877. The van der Waals surface area contributed by atoms with Gasteiger partial charge in [0, 0.05) is 0 Å². The predicted molar refractivity (Wildman–Crippen MR) is 49.9 cm³/mol. The van der Waals surface area contributed by atoms with Gasteiger partial charge in [-0.25, -0.2) is 0 Å². The van der Waals surface area contributed by atoms with Crippen LogP contribution < -0.4 is 56.7 Å². The Balaban J connectivity index is -0.000000720. The average Bonchev–Trinajstić information content (AvgIpc) is 1.80. The third-order valence-corrected chi connectivity index (χ3v) is 2.28. The summed E-state index contributed by atoms with van der Waals surface area (Å²) in [6.07, 6.45) is 1.03. The standard InChI is InChI=1S/C7H13NO4S.K.H/c1-4-6(9)8-7(2,3)5-13(10,11)12;;/h4H,1,5H2,2-3H3,(H,8,9)(H,10,11,12);;/q;+1;-1. The van der Waals surface area contributed by atoms with E-state index in [1.165, 1.54) is 13.8 Å². The van der Waals surface area contributed by atoms with E-state index in [0.29, 0.717) is 0 Å². The van der Waals surface area contributed by atoms with Gasteiger partial charge in [0.1, 0.15) is 0 Å². The van der Waals surface area contributed by atoms with Gasteiger partial charge in [0.25, 0.3) is 10.1 Å². The summed E-state index contributed by atoms with van der Waals surface area (Å²) in [4.78, 5) is 10.8. The first kappa shape index (κ1) is 17.2. The maximum absolute atomic E-state index is 10.8. The van der Waals surface area contributed by atoms with Gasteiger partial charge in [-0.1, -0.05) is 6.58 Å². The summed E-state index contributed by atoms with van der Waals surface area (Å²) in [7, 11) is -4.08. The van der Waals surface area contributed by atoms with Gasteiger partial charge >= 0.3 is 51.4 Å². The minimum atomic E-state index is -4.08. The Bertz CT molecular complexity index is 315. The number of nitrogens with one attached hydrogen (secondary N) is 1. The zero-order valence-corrected chi connectivity index (χ0v) is 12.5. The van der Waals surface area contributed by atoms with Crippen LogP contribution in [0.25, 0.3) is 0 Å². The number of rotatable bonds is 4. The van der Waals surface area contributed by atoms with E-state index < -0.39 is 27.3 Å². The monoisotopic (exact) mass is 247 g/mol. The summed E-state index contributed by atoms with van der Waals surface area (Å²) in [5.74, 6) is -1.01. The van der Waals surface area contributed by atoms with Crippen molar-refractivity contribution in [2.24, 2.45) is 0 Å². The van der Waals surface area contributed by atoms with Gasteiger partial charge in [-0.05, 0) is 19.9 Å². The van der Waals surface area contributed by atoms with Crippen LogP contribution in [-0.4, -0.2) is 30.2 Å². The van der Waals surface area contributed by atoms with Crippen molar-refractivity contribution in [3.63, 3.8) is 0 Å². The molecule has 0 fully saturated rings. The Morgan fingerprint density at radius 2 is 2.07 bits per heavy atom. The first-order chi connectivity index (χ1) is 5.66. The molecule has 0 unspecified atom stereocenters. The molecule has 0 aromatic heterocycles. The molecule has 2 N–H and O–H groups in total. The summed E-state index contributed by atoms with van der Waals surface area (Å²) < 4.78 is 29.5. The molecule has 0 aromatic carbocycles. The molecule has 5 nitrogen and oxygen atoms in total. The molecule has 78 valence electrons. The van der Waals surface area contributed by atoms with Gasteiger partial charge in [0.15, 0.2) is 0 Å². The van der Waals surface area contributed by atoms with Crippen LogP contribution >= 0.6 is 0 Å².